The van der Waals surface area contributed by atoms with Crippen LogP contribution in [-0.2, 0) is 0 Å². The third-order valence-electron chi connectivity index (χ3n) is 3.58. The van der Waals surface area contributed by atoms with E-state index in [9.17, 15) is 4.79 Å². The molecule has 0 saturated heterocycles. The van der Waals surface area contributed by atoms with Gasteiger partial charge in [-0.2, -0.15) is 10.2 Å². The van der Waals surface area contributed by atoms with Gasteiger partial charge in [-0.25, -0.2) is 14.5 Å². The second-order valence-electron chi connectivity index (χ2n) is 5.15. The Bertz CT molecular complexity index is 858. The van der Waals surface area contributed by atoms with Gasteiger partial charge >= 0.3 is 5.69 Å². The van der Waals surface area contributed by atoms with E-state index in [1.165, 1.54) is 17.4 Å². The Morgan fingerprint density at radius 1 is 1.19 bits per heavy atom. The average Bonchev–Trinajstić information content (AvgIpc) is 3.07. The molecule has 2 heterocycles. The maximum absolute atomic E-state index is 12.0. The van der Waals surface area contributed by atoms with Crippen LogP contribution in [0.25, 0.3) is 17.2 Å². The van der Waals surface area contributed by atoms with Crippen molar-refractivity contribution >= 4 is 11.6 Å². The van der Waals surface area contributed by atoms with Crippen molar-refractivity contribution in [3.05, 3.63) is 51.5 Å². The zero-order chi connectivity index (χ0) is 14.4. The first kappa shape index (κ1) is 12.4. The number of aromatic nitrogens is 5. The molecule has 1 aliphatic carbocycles. The number of aromatic amines is 2. The maximum atomic E-state index is 12.0. The fraction of sp³-hybridized carbons (Fsp3) is 0.214. The minimum Gasteiger partial charge on any atom is -0.282 e. The van der Waals surface area contributed by atoms with Crippen LogP contribution in [-0.4, -0.2) is 25.0 Å². The molecule has 21 heavy (non-hydrogen) atoms. The van der Waals surface area contributed by atoms with E-state index in [4.69, 9.17) is 11.6 Å². The summed E-state index contributed by atoms with van der Waals surface area (Å²) < 4.78 is 1.47. The summed E-state index contributed by atoms with van der Waals surface area (Å²) in [6.07, 6.45) is 2.37. The lowest BCUT2D eigenvalue weighted by atomic mass is 10.2. The van der Waals surface area contributed by atoms with Crippen LogP contribution in [0.4, 0.5) is 0 Å². The first-order valence-corrected chi connectivity index (χ1v) is 7.09. The fourth-order valence-corrected chi connectivity index (χ4v) is 2.56. The number of H-pyrrole nitrogens is 2. The molecule has 106 valence electrons. The highest BCUT2D eigenvalue weighted by Gasteiger charge is 2.26. The summed E-state index contributed by atoms with van der Waals surface area (Å²) in [6, 6.07) is 9.03. The second-order valence-corrected chi connectivity index (χ2v) is 5.59. The van der Waals surface area contributed by atoms with E-state index < -0.39 is 0 Å². The lowest BCUT2D eigenvalue weighted by molar-refractivity contribution is 0.955. The van der Waals surface area contributed by atoms with Crippen molar-refractivity contribution in [3.63, 3.8) is 0 Å². The Balaban J connectivity index is 1.84. The monoisotopic (exact) mass is 301 g/mol. The number of nitrogens with zero attached hydrogens (tertiary/aromatic N) is 3. The van der Waals surface area contributed by atoms with Gasteiger partial charge in [0, 0.05) is 16.6 Å². The van der Waals surface area contributed by atoms with E-state index in [1.807, 2.05) is 6.07 Å². The molecule has 2 N–H and O–H groups in total. The Labute approximate surface area is 124 Å². The summed E-state index contributed by atoms with van der Waals surface area (Å²) in [5.41, 5.74) is 2.09. The van der Waals surface area contributed by atoms with Gasteiger partial charge in [0.25, 0.3) is 0 Å². The number of hydrogen-bond acceptors (Lipinski definition) is 3. The third-order valence-corrected chi connectivity index (χ3v) is 3.82. The molecular formula is C14H12ClN5O. The summed E-state index contributed by atoms with van der Waals surface area (Å²) in [7, 11) is 0. The summed E-state index contributed by atoms with van der Waals surface area (Å²) in [4.78, 5) is 12.0. The van der Waals surface area contributed by atoms with Crippen molar-refractivity contribution in [2.45, 2.75) is 18.8 Å². The zero-order valence-corrected chi connectivity index (χ0v) is 11.8. The molecule has 0 spiro atoms. The first-order chi connectivity index (χ1) is 10.2. The van der Waals surface area contributed by atoms with Crippen molar-refractivity contribution in [3.8, 4) is 17.2 Å². The van der Waals surface area contributed by atoms with Crippen LogP contribution in [0, 0.1) is 0 Å². The molecule has 1 fully saturated rings. The van der Waals surface area contributed by atoms with Gasteiger partial charge in [-0.05, 0) is 37.1 Å². The molecule has 0 radical (unpaired) electrons. The molecule has 1 aromatic carbocycles. The predicted octanol–water partition coefficient (Wildman–Crippen LogP) is 2.48. The quantitative estimate of drug-likeness (QED) is 0.780. The zero-order valence-electron chi connectivity index (χ0n) is 11.0. The van der Waals surface area contributed by atoms with Crippen LogP contribution < -0.4 is 5.69 Å². The van der Waals surface area contributed by atoms with Crippen LogP contribution in [0.2, 0.25) is 5.02 Å². The Morgan fingerprint density at radius 2 is 2.05 bits per heavy atom. The van der Waals surface area contributed by atoms with Crippen molar-refractivity contribution in [2.75, 3.05) is 0 Å². The van der Waals surface area contributed by atoms with Crippen molar-refractivity contribution in [2.24, 2.45) is 0 Å². The van der Waals surface area contributed by atoms with Crippen molar-refractivity contribution < 1.29 is 0 Å². The van der Waals surface area contributed by atoms with Crippen LogP contribution in [0.5, 0.6) is 0 Å². The predicted molar refractivity (Wildman–Crippen MR) is 78.8 cm³/mol. The third kappa shape index (κ3) is 2.17. The van der Waals surface area contributed by atoms with E-state index in [-0.39, 0.29) is 5.69 Å². The smallest absolute Gasteiger partial charge is 0.282 e. The van der Waals surface area contributed by atoms with Gasteiger partial charge in [-0.15, -0.1) is 0 Å². The van der Waals surface area contributed by atoms with E-state index in [0.717, 1.165) is 5.69 Å². The molecule has 1 saturated carbocycles. The average molecular weight is 302 g/mol. The molecule has 3 aromatic rings. The normalized spacial score (nSPS) is 14.5. The lowest BCUT2D eigenvalue weighted by Crippen LogP contribution is -2.15. The SMILES string of the molecule is O=c1[nH]nc(-c2cc(C3CC3)[nH]n2)n1-c1cccc(Cl)c1. The van der Waals surface area contributed by atoms with Gasteiger partial charge in [-0.1, -0.05) is 17.7 Å². The molecule has 7 heteroatoms. The van der Waals surface area contributed by atoms with Crippen LogP contribution >= 0.6 is 11.6 Å². The van der Waals surface area contributed by atoms with E-state index in [0.29, 0.717) is 28.1 Å². The Hall–Kier alpha value is -2.34. The standard InChI is InChI=1S/C14H12ClN5O/c15-9-2-1-3-10(6-9)20-13(18-19-14(20)21)12-7-11(16-17-12)8-4-5-8/h1-3,6-8H,4-5H2,(H,16,17)(H,19,21). The number of halogens is 1. The molecule has 1 aliphatic rings. The van der Waals surface area contributed by atoms with E-state index >= 15 is 0 Å². The molecule has 0 atom stereocenters. The molecule has 0 amide bonds. The molecule has 2 aromatic heterocycles. The van der Waals surface area contributed by atoms with Gasteiger partial charge in [0.1, 0.15) is 5.69 Å². The van der Waals surface area contributed by atoms with Gasteiger partial charge in [-0.3, -0.25) is 5.10 Å². The topological polar surface area (TPSA) is 79.4 Å². The van der Waals surface area contributed by atoms with E-state index in [2.05, 4.69) is 20.4 Å². The summed E-state index contributed by atoms with van der Waals surface area (Å²) in [5, 5.41) is 14.4. The van der Waals surface area contributed by atoms with Gasteiger partial charge in [0.05, 0.1) is 5.69 Å². The molecule has 0 aliphatic heterocycles. The van der Waals surface area contributed by atoms with Gasteiger partial charge in [0.15, 0.2) is 5.82 Å². The molecule has 6 nitrogen and oxygen atoms in total. The minimum absolute atomic E-state index is 0.316. The van der Waals surface area contributed by atoms with Gasteiger partial charge < -0.3 is 0 Å². The number of rotatable bonds is 3. The Kier molecular flexibility index (Phi) is 2.71. The summed E-state index contributed by atoms with van der Waals surface area (Å²) >= 11 is 6.00. The molecule has 0 unspecified atom stereocenters. The van der Waals surface area contributed by atoms with Crippen LogP contribution in [0.1, 0.15) is 24.5 Å². The molecular weight excluding hydrogens is 290 g/mol. The second kappa shape index (κ2) is 4.60. The largest absolute Gasteiger partial charge is 0.348 e. The first-order valence-electron chi connectivity index (χ1n) is 6.71. The van der Waals surface area contributed by atoms with Gasteiger partial charge in [0.2, 0.25) is 0 Å². The number of nitrogens with one attached hydrogen (secondary N) is 2. The minimum atomic E-state index is -0.316. The maximum Gasteiger partial charge on any atom is 0.348 e. The molecule has 0 bridgehead atoms. The number of hydrogen-bond donors (Lipinski definition) is 2. The van der Waals surface area contributed by atoms with Crippen LogP contribution in [0.3, 0.4) is 0 Å². The van der Waals surface area contributed by atoms with E-state index in [1.54, 1.807) is 24.3 Å². The fourth-order valence-electron chi connectivity index (χ4n) is 2.38. The Morgan fingerprint density at radius 3 is 2.81 bits per heavy atom. The summed E-state index contributed by atoms with van der Waals surface area (Å²) in [6.45, 7) is 0. The highest BCUT2D eigenvalue weighted by molar-refractivity contribution is 6.30. The summed E-state index contributed by atoms with van der Waals surface area (Å²) in [5.74, 6) is 1.04. The highest BCUT2D eigenvalue weighted by Crippen LogP contribution is 2.39. The number of benzene rings is 1. The lowest BCUT2D eigenvalue weighted by Gasteiger charge is -2.03. The molecule has 4 rings (SSSR count). The van der Waals surface area contributed by atoms with Crippen molar-refractivity contribution in [1.82, 2.24) is 25.0 Å². The highest BCUT2D eigenvalue weighted by atomic mass is 35.5. The van der Waals surface area contributed by atoms with Crippen LogP contribution in [0.15, 0.2) is 35.1 Å². The van der Waals surface area contributed by atoms with Crippen molar-refractivity contribution in [1.29, 1.82) is 0 Å².